The molecule has 1 rings (SSSR count). The minimum absolute atomic E-state index is 0.296. The van der Waals surface area contributed by atoms with E-state index in [1.165, 1.54) is 0 Å². The number of aliphatic hydroxyl groups excluding tert-OH is 1. The van der Waals surface area contributed by atoms with E-state index in [2.05, 4.69) is 37.7 Å². The lowest BCUT2D eigenvalue weighted by Crippen LogP contribution is -2.14. The molecule has 1 heterocycles. The van der Waals surface area contributed by atoms with Crippen LogP contribution in [-0.4, -0.2) is 21.2 Å². The van der Waals surface area contributed by atoms with Crippen molar-refractivity contribution in [3.05, 3.63) is 23.8 Å². The van der Waals surface area contributed by atoms with E-state index < -0.39 is 0 Å². The topological polar surface area (TPSA) is 46.0 Å². The first-order valence-corrected chi connectivity index (χ1v) is 5.98. The van der Waals surface area contributed by atoms with E-state index in [0.717, 1.165) is 17.8 Å². The quantitative estimate of drug-likeness (QED) is 0.832. The Hall–Kier alpha value is -0.960. The summed E-state index contributed by atoms with van der Waals surface area (Å²) in [5.74, 6) is 0.922. The standard InChI is InChI=1S/C13H22N2O/c1-9(2)5-12(16)6-11-7-13(10(3)4)15-8-14-11/h7-10,12,16H,5-6H2,1-4H3. The lowest BCUT2D eigenvalue weighted by Gasteiger charge is -2.13. The van der Waals surface area contributed by atoms with Crippen LogP contribution in [0.25, 0.3) is 0 Å². The molecule has 0 aromatic carbocycles. The zero-order chi connectivity index (χ0) is 12.1. The highest BCUT2D eigenvalue weighted by Gasteiger charge is 2.10. The maximum absolute atomic E-state index is 9.84. The zero-order valence-corrected chi connectivity index (χ0v) is 10.6. The molecule has 0 amide bonds. The highest BCUT2D eigenvalue weighted by Crippen LogP contribution is 2.14. The van der Waals surface area contributed by atoms with Gasteiger partial charge < -0.3 is 5.11 Å². The first-order valence-electron chi connectivity index (χ1n) is 5.98. The summed E-state index contributed by atoms with van der Waals surface area (Å²) in [6.45, 7) is 8.44. The average molecular weight is 222 g/mol. The molecule has 0 aliphatic heterocycles. The van der Waals surface area contributed by atoms with Crippen molar-refractivity contribution < 1.29 is 5.11 Å². The van der Waals surface area contributed by atoms with E-state index in [9.17, 15) is 5.11 Å². The molecular formula is C13H22N2O. The molecule has 0 aliphatic rings. The summed E-state index contributed by atoms with van der Waals surface area (Å²) in [5, 5.41) is 9.84. The van der Waals surface area contributed by atoms with Gasteiger partial charge in [-0.25, -0.2) is 9.97 Å². The Labute approximate surface area is 97.9 Å². The predicted octanol–water partition coefficient (Wildman–Crippen LogP) is 2.55. The van der Waals surface area contributed by atoms with Gasteiger partial charge in [0.25, 0.3) is 0 Å². The Morgan fingerprint density at radius 2 is 1.88 bits per heavy atom. The molecule has 0 saturated heterocycles. The van der Waals surface area contributed by atoms with Crippen LogP contribution in [0.4, 0.5) is 0 Å². The summed E-state index contributed by atoms with van der Waals surface area (Å²) in [4.78, 5) is 8.41. The van der Waals surface area contributed by atoms with Gasteiger partial charge in [0, 0.05) is 17.8 Å². The predicted molar refractivity (Wildman–Crippen MR) is 65.3 cm³/mol. The first-order chi connectivity index (χ1) is 7.49. The first kappa shape index (κ1) is 13.1. The van der Waals surface area contributed by atoms with Crippen LogP contribution in [0.15, 0.2) is 12.4 Å². The van der Waals surface area contributed by atoms with Crippen LogP contribution in [0.3, 0.4) is 0 Å². The van der Waals surface area contributed by atoms with E-state index in [1.807, 2.05) is 6.07 Å². The molecular weight excluding hydrogens is 200 g/mol. The molecule has 0 fully saturated rings. The van der Waals surface area contributed by atoms with Gasteiger partial charge in [-0.3, -0.25) is 0 Å². The normalized spacial score (nSPS) is 13.4. The lowest BCUT2D eigenvalue weighted by atomic mass is 10.0. The summed E-state index contributed by atoms with van der Waals surface area (Å²) in [6, 6.07) is 1.99. The van der Waals surface area contributed by atoms with Gasteiger partial charge in [-0.15, -0.1) is 0 Å². The molecule has 1 aromatic heterocycles. The minimum Gasteiger partial charge on any atom is -0.393 e. The molecule has 0 radical (unpaired) electrons. The van der Waals surface area contributed by atoms with E-state index in [1.54, 1.807) is 6.33 Å². The third-order valence-electron chi connectivity index (χ3n) is 2.52. The van der Waals surface area contributed by atoms with Crippen molar-refractivity contribution in [2.24, 2.45) is 5.92 Å². The number of hydrogen-bond acceptors (Lipinski definition) is 3. The van der Waals surface area contributed by atoms with Crippen molar-refractivity contribution >= 4 is 0 Å². The maximum Gasteiger partial charge on any atom is 0.115 e. The monoisotopic (exact) mass is 222 g/mol. The molecule has 0 saturated carbocycles. The van der Waals surface area contributed by atoms with Crippen LogP contribution < -0.4 is 0 Å². The third-order valence-corrected chi connectivity index (χ3v) is 2.52. The van der Waals surface area contributed by atoms with Crippen LogP contribution in [0, 0.1) is 5.92 Å². The van der Waals surface area contributed by atoms with E-state index >= 15 is 0 Å². The van der Waals surface area contributed by atoms with Crippen molar-refractivity contribution in [2.45, 2.75) is 52.6 Å². The SMILES string of the molecule is CC(C)CC(O)Cc1cc(C(C)C)ncn1. The van der Waals surface area contributed by atoms with E-state index in [0.29, 0.717) is 18.3 Å². The second-order valence-corrected chi connectivity index (χ2v) is 5.08. The van der Waals surface area contributed by atoms with Crippen LogP contribution >= 0.6 is 0 Å². The van der Waals surface area contributed by atoms with Gasteiger partial charge in [0.1, 0.15) is 6.33 Å². The molecule has 0 bridgehead atoms. The largest absolute Gasteiger partial charge is 0.393 e. The number of nitrogens with zero attached hydrogens (tertiary/aromatic N) is 2. The summed E-state index contributed by atoms with van der Waals surface area (Å²) in [7, 11) is 0. The van der Waals surface area contributed by atoms with E-state index in [4.69, 9.17) is 0 Å². The van der Waals surface area contributed by atoms with Crippen molar-refractivity contribution in [1.29, 1.82) is 0 Å². The van der Waals surface area contributed by atoms with Crippen molar-refractivity contribution in [2.75, 3.05) is 0 Å². The second-order valence-electron chi connectivity index (χ2n) is 5.08. The molecule has 1 unspecified atom stereocenters. The van der Waals surface area contributed by atoms with E-state index in [-0.39, 0.29) is 6.10 Å². The Bertz CT molecular complexity index is 323. The molecule has 1 N–H and O–H groups in total. The smallest absolute Gasteiger partial charge is 0.115 e. The van der Waals surface area contributed by atoms with Gasteiger partial charge in [-0.05, 0) is 24.3 Å². The molecule has 3 nitrogen and oxygen atoms in total. The molecule has 3 heteroatoms. The molecule has 16 heavy (non-hydrogen) atoms. The average Bonchev–Trinajstić information content (AvgIpc) is 2.16. The zero-order valence-electron chi connectivity index (χ0n) is 10.6. The van der Waals surface area contributed by atoms with Crippen molar-refractivity contribution in [3.63, 3.8) is 0 Å². The van der Waals surface area contributed by atoms with Gasteiger partial charge in [-0.1, -0.05) is 27.7 Å². The lowest BCUT2D eigenvalue weighted by molar-refractivity contribution is 0.148. The second kappa shape index (κ2) is 5.94. The van der Waals surface area contributed by atoms with Gasteiger partial charge in [-0.2, -0.15) is 0 Å². The molecule has 0 aliphatic carbocycles. The highest BCUT2D eigenvalue weighted by atomic mass is 16.3. The Morgan fingerprint density at radius 1 is 1.19 bits per heavy atom. The van der Waals surface area contributed by atoms with Crippen LogP contribution in [0.2, 0.25) is 0 Å². The molecule has 90 valence electrons. The highest BCUT2D eigenvalue weighted by molar-refractivity contribution is 5.12. The van der Waals surface area contributed by atoms with Crippen LogP contribution in [-0.2, 0) is 6.42 Å². The summed E-state index contributed by atoms with van der Waals surface area (Å²) in [5.41, 5.74) is 1.98. The number of hydrogen-bond donors (Lipinski definition) is 1. The fraction of sp³-hybridized carbons (Fsp3) is 0.692. The maximum atomic E-state index is 9.84. The summed E-state index contributed by atoms with van der Waals surface area (Å²) >= 11 is 0. The molecule has 0 spiro atoms. The Morgan fingerprint density at radius 3 is 2.44 bits per heavy atom. The van der Waals surface area contributed by atoms with Gasteiger partial charge in [0.2, 0.25) is 0 Å². The van der Waals surface area contributed by atoms with Gasteiger partial charge in [0.15, 0.2) is 0 Å². The summed E-state index contributed by atoms with van der Waals surface area (Å²) < 4.78 is 0. The molecule has 1 aromatic rings. The minimum atomic E-state index is -0.296. The van der Waals surface area contributed by atoms with Crippen LogP contribution in [0.5, 0.6) is 0 Å². The van der Waals surface area contributed by atoms with Gasteiger partial charge in [0.05, 0.1) is 6.10 Å². The molecule has 1 atom stereocenters. The van der Waals surface area contributed by atoms with Gasteiger partial charge >= 0.3 is 0 Å². The number of aliphatic hydroxyl groups is 1. The van der Waals surface area contributed by atoms with Crippen molar-refractivity contribution in [1.82, 2.24) is 9.97 Å². The van der Waals surface area contributed by atoms with Crippen molar-refractivity contribution in [3.8, 4) is 0 Å². The Kier molecular flexibility index (Phi) is 4.87. The number of rotatable bonds is 5. The Balaban J connectivity index is 2.63. The number of aromatic nitrogens is 2. The van der Waals surface area contributed by atoms with Crippen LogP contribution in [0.1, 0.15) is 51.4 Å². The fourth-order valence-corrected chi connectivity index (χ4v) is 1.71. The summed E-state index contributed by atoms with van der Waals surface area (Å²) in [6.07, 6.45) is 2.74. The fourth-order valence-electron chi connectivity index (χ4n) is 1.71. The third kappa shape index (κ3) is 4.27.